The van der Waals surface area contributed by atoms with E-state index in [1.165, 1.54) is 6.07 Å². The second-order valence-electron chi connectivity index (χ2n) is 8.88. The third-order valence-electron chi connectivity index (χ3n) is 6.61. The number of fused-ring (bicyclic) bond motifs is 1. The number of pyridine rings is 1. The number of hydrogen-bond acceptors (Lipinski definition) is 4. The molecule has 5 nitrogen and oxygen atoms in total. The smallest absolute Gasteiger partial charge is 0.339 e. The first-order chi connectivity index (χ1) is 16.3. The van der Waals surface area contributed by atoms with Crippen LogP contribution in [0.1, 0.15) is 46.8 Å². The molecule has 0 saturated heterocycles. The fourth-order valence-corrected chi connectivity index (χ4v) is 5.12. The van der Waals surface area contributed by atoms with Gasteiger partial charge in [-0.05, 0) is 89.7 Å². The van der Waals surface area contributed by atoms with Gasteiger partial charge >= 0.3 is 5.63 Å². The maximum absolute atomic E-state index is 14.8. The van der Waals surface area contributed by atoms with Crippen molar-refractivity contribution in [1.29, 1.82) is 0 Å². The maximum Gasteiger partial charge on any atom is 0.339 e. The van der Waals surface area contributed by atoms with Gasteiger partial charge in [-0.15, -0.1) is 0 Å². The van der Waals surface area contributed by atoms with Gasteiger partial charge in [0, 0.05) is 39.4 Å². The van der Waals surface area contributed by atoms with E-state index in [0.29, 0.717) is 34.2 Å². The summed E-state index contributed by atoms with van der Waals surface area (Å²) in [5, 5.41) is 0.348. The van der Waals surface area contributed by atoms with E-state index in [9.17, 15) is 14.0 Å². The molecule has 0 aliphatic heterocycles. The summed E-state index contributed by atoms with van der Waals surface area (Å²) in [7, 11) is 0. The third kappa shape index (κ3) is 3.90. The van der Waals surface area contributed by atoms with Crippen molar-refractivity contribution in [2.75, 3.05) is 0 Å². The fraction of sp³-hybridized carbons (Fsp3) is 0.259. The SMILES string of the molecule is Cc1c(Cc2ccc(I)cc2F)c2c(=O)n(C3CC3)c(C)c(-c3cccc(CN)c3)c2oc1=O. The fourth-order valence-electron chi connectivity index (χ4n) is 4.67. The zero-order valence-corrected chi connectivity index (χ0v) is 21.1. The van der Waals surface area contributed by atoms with Gasteiger partial charge in [0.1, 0.15) is 5.82 Å². The molecule has 7 heteroatoms. The Morgan fingerprint density at radius 1 is 1.15 bits per heavy atom. The zero-order chi connectivity index (χ0) is 24.1. The van der Waals surface area contributed by atoms with Gasteiger partial charge in [0.2, 0.25) is 0 Å². The van der Waals surface area contributed by atoms with E-state index >= 15 is 0 Å². The molecule has 4 aromatic rings. The molecule has 0 atom stereocenters. The van der Waals surface area contributed by atoms with Crippen LogP contribution in [0.5, 0.6) is 0 Å². The summed E-state index contributed by atoms with van der Waals surface area (Å²) in [6.45, 7) is 3.90. The summed E-state index contributed by atoms with van der Waals surface area (Å²) in [6, 6.07) is 12.8. The van der Waals surface area contributed by atoms with Gasteiger partial charge in [0.15, 0.2) is 5.58 Å². The Labute approximate surface area is 209 Å². The van der Waals surface area contributed by atoms with E-state index in [4.69, 9.17) is 10.2 Å². The molecule has 1 fully saturated rings. The number of benzene rings is 2. The van der Waals surface area contributed by atoms with Crippen molar-refractivity contribution in [1.82, 2.24) is 4.57 Å². The second kappa shape index (κ2) is 8.78. The summed E-state index contributed by atoms with van der Waals surface area (Å²) < 4.78 is 23.2. The Hall–Kier alpha value is -2.78. The monoisotopic (exact) mass is 570 g/mol. The first-order valence-corrected chi connectivity index (χ1v) is 12.3. The van der Waals surface area contributed by atoms with Gasteiger partial charge in [-0.2, -0.15) is 0 Å². The standard InChI is InChI=1S/C27H24FIN2O3/c1-14-21(11-17-6-7-19(29)12-22(17)28)24-25(34-27(14)33)23(18-5-3-4-16(10-18)13-30)15(2)31(26(24)32)20-8-9-20/h3-7,10,12,20H,8-9,11,13,30H2,1-2H3. The van der Waals surface area contributed by atoms with Gasteiger partial charge in [-0.1, -0.05) is 24.3 Å². The number of halogens is 2. The van der Waals surface area contributed by atoms with Gasteiger partial charge in [-0.3, -0.25) is 4.79 Å². The van der Waals surface area contributed by atoms with Crippen molar-refractivity contribution in [2.45, 2.75) is 45.7 Å². The molecule has 1 aliphatic rings. The van der Waals surface area contributed by atoms with Crippen LogP contribution in [0.4, 0.5) is 4.39 Å². The van der Waals surface area contributed by atoms with E-state index in [-0.39, 0.29) is 29.4 Å². The number of rotatable bonds is 5. The molecule has 0 spiro atoms. The van der Waals surface area contributed by atoms with E-state index in [1.807, 2.05) is 41.8 Å². The zero-order valence-electron chi connectivity index (χ0n) is 19.0. The first kappa shape index (κ1) is 23.0. The van der Waals surface area contributed by atoms with Crippen LogP contribution in [0.2, 0.25) is 0 Å². The number of aromatic nitrogens is 1. The normalized spacial score (nSPS) is 13.6. The Kier molecular flexibility index (Phi) is 5.93. The predicted octanol–water partition coefficient (Wildman–Crippen LogP) is 5.37. The Morgan fingerprint density at radius 2 is 1.91 bits per heavy atom. The molecule has 2 aromatic heterocycles. The minimum atomic E-state index is -0.521. The van der Waals surface area contributed by atoms with Crippen LogP contribution in [0.3, 0.4) is 0 Å². The topological polar surface area (TPSA) is 78.2 Å². The average Bonchev–Trinajstić information content (AvgIpc) is 3.63. The quantitative estimate of drug-likeness (QED) is 0.328. The van der Waals surface area contributed by atoms with Crippen molar-refractivity contribution in [2.24, 2.45) is 5.73 Å². The van der Waals surface area contributed by atoms with Crippen molar-refractivity contribution >= 4 is 33.6 Å². The minimum Gasteiger partial charge on any atom is -0.422 e. The molecule has 1 aliphatic carbocycles. The maximum atomic E-state index is 14.8. The van der Waals surface area contributed by atoms with Gasteiger partial charge in [0.25, 0.3) is 5.56 Å². The molecular weight excluding hydrogens is 546 g/mol. The molecule has 34 heavy (non-hydrogen) atoms. The molecule has 174 valence electrons. The minimum absolute atomic E-state index is 0.114. The molecule has 0 amide bonds. The molecule has 0 radical (unpaired) electrons. The highest BCUT2D eigenvalue weighted by molar-refractivity contribution is 14.1. The predicted molar refractivity (Wildman–Crippen MR) is 140 cm³/mol. The molecule has 2 N–H and O–H groups in total. The highest BCUT2D eigenvalue weighted by atomic mass is 127. The third-order valence-corrected chi connectivity index (χ3v) is 7.28. The van der Waals surface area contributed by atoms with E-state index in [2.05, 4.69) is 22.6 Å². The molecule has 2 heterocycles. The van der Waals surface area contributed by atoms with E-state index < -0.39 is 5.63 Å². The summed E-state index contributed by atoms with van der Waals surface area (Å²) in [5.74, 6) is -0.363. The first-order valence-electron chi connectivity index (χ1n) is 11.2. The summed E-state index contributed by atoms with van der Waals surface area (Å²) in [4.78, 5) is 26.8. The van der Waals surface area contributed by atoms with Crippen LogP contribution in [-0.2, 0) is 13.0 Å². The van der Waals surface area contributed by atoms with Crippen LogP contribution in [0, 0.1) is 23.2 Å². The molecular formula is C27H24FIN2O3. The van der Waals surface area contributed by atoms with Gasteiger partial charge < -0.3 is 14.7 Å². The Bertz CT molecular complexity index is 1570. The lowest BCUT2D eigenvalue weighted by Gasteiger charge is -2.19. The lowest BCUT2D eigenvalue weighted by atomic mass is 9.94. The van der Waals surface area contributed by atoms with Crippen LogP contribution < -0.4 is 16.9 Å². The molecule has 0 bridgehead atoms. The van der Waals surface area contributed by atoms with Crippen LogP contribution in [0.15, 0.2) is 56.5 Å². The molecule has 0 unspecified atom stereocenters. The number of nitrogens with two attached hydrogens (primary N) is 1. The largest absolute Gasteiger partial charge is 0.422 e. The summed E-state index contributed by atoms with van der Waals surface area (Å²) >= 11 is 2.06. The lowest BCUT2D eigenvalue weighted by Crippen LogP contribution is -2.25. The Morgan fingerprint density at radius 3 is 2.59 bits per heavy atom. The van der Waals surface area contributed by atoms with Gasteiger partial charge in [-0.25, -0.2) is 9.18 Å². The van der Waals surface area contributed by atoms with Crippen molar-refractivity contribution < 1.29 is 8.81 Å². The van der Waals surface area contributed by atoms with Crippen LogP contribution >= 0.6 is 22.6 Å². The number of nitrogens with zero attached hydrogens (tertiary/aromatic N) is 1. The van der Waals surface area contributed by atoms with E-state index in [1.54, 1.807) is 13.0 Å². The Balaban J connectivity index is 1.88. The highest BCUT2D eigenvalue weighted by Crippen LogP contribution is 2.40. The molecule has 2 aromatic carbocycles. The summed E-state index contributed by atoms with van der Waals surface area (Å²) in [5.41, 5.74) is 9.92. The lowest BCUT2D eigenvalue weighted by molar-refractivity contribution is 0.549. The number of hydrogen-bond donors (Lipinski definition) is 1. The van der Waals surface area contributed by atoms with Crippen LogP contribution in [0.25, 0.3) is 22.1 Å². The highest BCUT2D eigenvalue weighted by Gasteiger charge is 2.31. The average molecular weight is 570 g/mol. The van der Waals surface area contributed by atoms with Crippen molar-refractivity contribution in [3.05, 3.63) is 101 Å². The van der Waals surface area contributed by atoms with Crippen molar-refractivity contribution in [3.63, 3.8) is 0 Å². The van der Waals surface area contributed by atoms with Crippen molar-refractivity contribution in [3.8, 4) is 11.1 Å². The summed E-state index contributed by atoms with van der Waals surface area (Å²) in [6.07, 6.45) is 1.97. The molecule has 1 saturated carbocycles. The van der Waals surface area contributed by atoms with Gasteiger partial charge in [0.05, 0.1) is 5.39 Å². The van der Waals surface area contributed by atoms with E-state index in [0.717, 1.165) is 33.2 Å². The van der Waals surface area contributed by atoms with Crippen LogP contribution in [-0.4, -0.2) is 4.57 Å². The molecule has 5 rings (SSSR count). The second-order valence-corrected chi connectivity index (χ2v) is 10.1.